The Kier molecular flexibility index (Phi) is 7.51. The molecule has 2 nitrogen and oxygen atoms in total. The van der Waals surface area contributed by atoms with E-state index >= 15 is 0 Å². The van der Waals surface area contributed by atoms with E-state index in [-0.39, 0.29) is 0 Å². The van der Waals surface area contributed by atoms with Crippen LogP contribution in [-0.2, 0) is 0 Å². The lowest BCUT2D eigenvalue weighted by molar-refractivity contribution is 0.635. The number of aromatic nitrogens is 1. The van der Waals surface area contributed by atoms with Gasteiger partial charge in [0.15, 0.2) is 0 Å². The lowest BCUT2D eigenvalue weighted by Crippen LogP contribution is -2.36. The van der Waals surface area contributed by atoms with Crippen molar-refractivity contribution in [3.05, 3.63) is 24.4 Å². The zero-order valence-corrected chi connectivity index (χ0v) is 14.6. The molecule has 2 heterocycles. The Morgan fingerprint density at radius 3 is 2.86 bits per heavy atom. The van der Waals surface area contributed by atoms with Crippen LogP contribution in [0, 0.1) is 0 Å². The van der Waals surface area contributed by atoms with Crippen LogP contribution in [0.5, 0.6) is 0 Å². The molecule has 0 aromatic carbocycles. The highest BCUT2D eigenvalue weighted by Crippen LogP contribution is 2.30. The van der Waals surface area contributed by atoms with Gasteiger partial charge in [-0.05, 0) is 37.1 Å². The van der Waals surface area contributed by atoms with Crippen LogP contribution in [0.25, 0.3) is 0 Å². The molecule has 1 atom stereocenters. The Balaban J connectivity index is 1.95. The van der Waals surface area contributed by atoms with Gasteiger partial charge in [-0.2, -0.15) is 11.8 Å². The van der Waals surface area contributed by atoms with E-state index in [1.807, 2.05) is 24.0 Å². The molecule has 1 aliphatic heterocycles. The third-order valence-corrected chi connectivity index (χ3v) is 5.92. The van der Waals surface area contributed by atoms with Gasteiger partial charge in [-0.25, -0.2) is 4.98 Å². The maximum absolute atomic E-state index is 5.78. The quantitative estimate of drug-likeness (QED) is 0.490. The molecule has 116 valence electrons. The van der Waals surface area contributed by atoms with Crippen molar-refractivity contribution in [3.8, 4) is 0 Å². The molecule has 0 bridgehead atoms. The van der Waals surface area contributed by atoms with Crippen LogP contribution in [0.3, 0.4) is 0 Å². The van der Waals surface area contributed by atoms with E-state index in [1.54, 1.807) is 0 Å². The van der Waals surface area contributed by atoms with Crippen LogP contribution >= 0.6 is 24.0 Å². The molecule has 1 saturated heterocycles. The van der Waals surface area contributed by atoms with E-state index < -0.39 is 0 Å². The normalized spacial score (nSPS) is 17.9. The molecule has 1 aromatic heterocycles. The molecule has 0 N–H and O–H groups in total. The zero-order valence-electron chi connectivity index (χ0n) is 13.0. The summed E-state index contributed by atoms with van der Waals surface area (Å²) in [4.78, 5) is 7.89. The van der Waals surface area contributed by atoms with Crippen molar-refractivity contribution in [1.29, 1.82) is 0 Å². The van der Waals surface area contributed by atoms with Crippen molar-refractivity contribution in [3.63, 3.8) is 0 Å². The largest absolute Gasteiger partial charge is 0.320 e. The molecule has 1 fully saturated rings. The topological polar surface area (TPSA) is 16.1 Å². The summed E-state index contributed by atoms with van der Waals surface area (Å²) in [5.74, 6) is 2.27. The predicted octanol–water partition coefficient (Wildman–Crippen LogP) is 5.08. The molecule has 1 unspecified atom stereocenters. The van der Waals surface area contributed by atoms with Gasteiger partial charge in [0.1, 0.15) is 5.82 Å². The van der Waals surface area contributed by atoms with Crippen LogP contribution in [0.15, 0.2) is 24.4 Å². The number of rotatable bonds is 8. The van der Waals surface area contributed by atoms with E-state index in [0.717, 1.165) is 17.4 Å². The Morgan fingerprint density at radius 1 is 1.33 bits per heavy atom. The number of nitrogens with zero attached hydrogens (tertiary/aromatic N) is 2. The average Bonchev–Trinajstić information content (AvgIpc) is 3.05. The zero-order chi connectivity index (χ0) is 14.9. The number of hydrogen-bond donors (Lipinski definition) is 0. The van der Waals surface area contributed by atoms with Gasteiger partial charge in [0.05, 0.1) is 10.2 Å². The lowest BCUT2D eigenvalue weighted by Gasteiger charge is -2.27. The highest BCUT2D eigenvalue weighted by atomic mass is 32.2. The third kappa shape index (κ3) is 5.26. The molecule has 0 saturated carbocycles. The smallest absolute Gasteiger partial charge is 0.133 e. The summed E-state index contributed by atoms with van der Waals surface area (Å²) in [5.41, 5.74) is 0. The molecular formula is C17H26N2S2. The number of unbranched alkanes of at least 4 members (excludes halogenated alkanes) is 4. The molecule has 0 spiro atoms. The minimum absolute atomic E-state index is 0.512. The van der Waals surface area contributed by atoms with Crippen molar-refractivity contribution in [2.24, 2.45) is 0 Å². The summed E-state index contributed by atoms with van der Waals surface area (Å²) in [7, 11) is 0. The molecule has 2 rings (SSSR count). The fraction of sp³-hybridized carbons (Fsp3) is 0.647. The summed E-state index contributed by atoms with van der Waals surface area (Å²) in [6, 6.07) is 6.10. The Hall–Kier alpha value is -0.610. The molecular weight excluding hydrogens is 296 g/mol. The molecule has 0 radical (unpaired) electrons. The van der Waals surface area contributed by atoms with Crippen molar-refractivity contribution >= 4 is 34.8 Å². The molecule has 0 aliphatic carbocycles. The third-order valence-electron chi connectivity index (χ3n) is 3.88. The minimum Gasteiger partial charge on any atom is -0.320 e. The Morgan fingerprint density at radius 2 is 2.19 bits per heavy atom. The number of anilines is 1. The van der Waals surface area contributed by atoms with Gasteiger partial charge in [0.2, 0.25) is 0 Å². The van der Waals surface area contributed by atoms with E-state index in [1.165, 1.54) is 50.7 Å². The van der Waals surface area contributed by atoms with Crippen LogP contribution < -0.4 is 4.90 Å². The maximum atomic E-state index is 5.78. The number of hydrogen-bond acceptors (Lipinski definition) is 3. The minimum atomic E-state index is 0.512. The standard InChI is InChI=1S/C17H26N2S2/c1-2-3-4-5-8-13-19(16-11-6-7-12-18-16)17(20)15-10-9-14-21-15/h6-7,11-12,15H,2-5,8-10,13-14H2,1H3. The summed E-state index contributed by atoms with van der Waals surface area (Å²) >= 11 is 7.79. The van der Waals surface area contributed by atoms with Gasteiger partial charge in [0, 0.05) is 12.7 Å². The van der Waals surface area contributed by atoms with Gasteiger partial charge in [-0.3, -0.25) is 0 Å². The Bertz CT molecular complexity index is 416. The number of pyridine rings is 1. The summed E-state index contributed by atoms with van der Waals surface area (Å²) in [6.07, 6.45) is 10.8. The first kappa shape index (κ1) is 16.8. The lowest BCUT2D eigenvalue weighted by atomic mass is 10.1. The fourth-order valence-corrected chi connectivity index (χ4v) is 4.40. The van der Waals surface area contributed by atoms with Gasteiger partial charge >= 0.3 is 0 Å². The molecule has 21 heavy (non-hydrogen) atoms. The van der Waals surface area contributed by atoms with Gasteiger partial charge in [0.25, 0.3) is 0 Å². The van der Waals surface area contributed by atoms with E-state index in [0.29, 0.717) is 5.25 Å². The van der Waals surface area contributed by atoms with Crippen LogP contribution in [0.2, 0.25) is 0 Å². The predicted molar refractivity (Wildman–Crippen MR) is 98.4 cm³/mol. The second-order valence-electron chi connectivity index (χ2n) is 5.59. The van der Waals surface area contributed by atoms with Gasteiger partial charge in [-0.15, -0.1) is 0 Å². The highest BCUT2D eigenvalue weighted by Gasteiger charge is 2.25. The fourth-order valence-electron chi connectivity index (χ4n) is 2.67. The Labute approximate surface area is 138 Å². The summed E-state index contributed by atoms with van der Waals surface area (Å²) < 4.78 is 0. The number of thioether (sulfide) groups is 1. The van der Waals surface area contributed by atoms with Crippen LogP contribution in [0.4, 0.5) is 5.82 Å². The van der Waals surface area contributed by atoms with Gasteiger partial charge < -0.3 is 4.90 Å². The first-order chi connectivity index (χ1) is 10.3. The van der Waals surface area contributed by atoms with E-state index in [9.17, 15) is 0 Å². The maximum Gasteiger partial charge on any atom is 0.133 e. The SMILES string of the molecule is CCCCCCCN(C(=S)C1CCCS1)c1ccccn1. The van der Waals surface area contributed by atoms with Crippen molar-refractivity contribution < 1.29 is 0 Å². The van der Waals surface area contributed by atoms with E-state index in [2.05, 4.69) is 28.9 Å². The average molecular weight is 323 g/mol. The van der Waals surface area contributed by atoms with Crippen molar-refractivity contribution in [2.75, 3.05) is 17.2 Å². The second kappa shape index (κ2) is 9.42. The molecule has 0 amide bonds. The molecule has 1 aromatic rings. The highest BCUT2D eigenvalue weighted by molar-refractivity contribution is 8.02. The molecule has 4 heteroatoms. The van der Waals surface area contributed by atoms with Crippen molar-refractivity contribution in [2.45, 2.75) is 57.1 Å². The van der Waals surface area contributed by atoms with Crippen LogP contribution in [-0.4, -0.2) is 27.5 Å². The number of thiocarbonyl (C=S) groups is 1. The first-order valence-electron chi connectivity index (χ1n) is 8.17. The molecule has 1 aliphatic rings. The summed E-state index contributed by atoms with van der Waals surface area (Å²) in [6.45, 7) is 3.27. The first-order valence-corrected chi connectivity index (χ1v) is 9.62. The summed E-state index contributed by atoms with van der Waals surface area (Å²) in [5, 5.41) is 0.512. The second-order valence-corrected chi connectivity index (χ2v) is 7.32. The van der Waals surface area contributed by atoms with Gasteiger partial charge in [-0.1, -0.05) is 50.9 Å². The van der Waals surface area contributed by atoms with Crippen molar-refractivity contribution in [1.82, 2.24) is 4.98 Å². The van der Waals surface area contributed by atoms with Crippen LogP contribution in [0.1, 0.15) is 51.9 Å². The van der Waals surface area contributed by atoms with E-state index in [4.69, 9.17) is 12.2 Å². The monoisotopic (exact) mass is 322 g/mol.